The van der Waals surface area contributed by atoms with Gasteiger partial charge in [0.05, 0.1) is 5.92 Å². The van der Waals surface area contributed by atoms with Crippen LogP contribution in [0.25, 0.3) is 0 Å². The van der Waals surface area contributed by atoms with Crippen molar-refractivity contribution in [2.24, 2.45) is 5.92 Å². The third kappa shape index (κ3) is 3.73. The predicted molar refractivity (Wildman–Crippen MR) is 73.3 cm³/mol. The third-order valence-electron chi connectivity index (χ3n) is 3.76. The SMILES string of the molecule is O=C(CCc1ccccc1O)N[C@H]1CC[C@@H](C(=O)O)C1. The van der Waals surface area contributed by atoms with E-state index in [1.54, 1.807) is 18.2 Å². The molecule has 2 atom stereocenters. The lowest BCUT2D eigenvalue weighted by Crippen LogP contribution is -2.33. The number of phenolic OH excluding ortho intramolecular Hbond substituents is 1. The highest BCUT2D eigenvalue weighted by atomic mass is 16.4. The molecule has 1 saturated carbocycles. The van der Waals surface area contributed by atoms with E-state index in [2.05, 4.69) is 5.32 Å². The fourth-order valence-corrected chi connectivity index (χ4v) is 2.61. The summed E-state index contributed by atoms with van der Waals surface area (Å²) in [5.74, 6) is -1.01. The average molecular weight is 277 g/mol. The summed E-state index contributed by atoms with van der Waals surface area (Å²) in [5, 5.41) is 21.4. The number of carboxylic acids is 1. The lowest BCUT2D eigenvalue weighted by molar-refractivity contribution is -0.141. The first kappa shape index (κ1) is 14.4. The van der Waals surface area contributed by atoms with Gasteiger partial charge in [-0.1, -0.05) is 18.2 Å². The van der Waals surface area contributed by atoms with Crippen molar-refractivity contribution in [3.05, 3.63) is 29.8 Å². The Balaban J connectivity index is 1.77. The number of carbonyl (C=O) groups is 2. The summed E-state index contributed by atoms with van der Waals surface area (Å²) in [5.41, 5.74) is 0.748. The van der Waals surface area contributed by atoms with Gasteiger partial charge < -0.3 is 15.5 Å². The van der Waals surface area contributed by atoms with Crippen molar-refractivity contribution in [1.82, 2.24) is 5.32 Å². The first-order valence-corrected chi connectivity index (χ1v) is 6.85. The molecule has 0 aliphatic heterocycles. The normalized spacial score (nSPS) is 21.6. The second-order valence-corrected chi connectivity index (χ2v) is 5.24. The van der Waals surface area contributed by atoms with Crippen LogP contribution < -0.4 is 5.32 Å². The molecule has 1 aliphatic rings. The molecular formula is C15H19NO4. The molecule has 5 heteroatoms. The summed E-state index contributed by atoms with van der Waals surface area (Å²) in [4.78, 5) is 22.7. The summed E-state index contributed by atoms with van der Waals surface area (Å²) in [6.45, 7) is 0. The molecule has 0 spiro atoms. The standard InChI is InChI=1S/C15H19NO4/c17-13-4-2-1-3-10(13)6-8-14(18)16-12-7-5-11(9-12)15(19)20/h1-4,11-12,17H,5-9H2,(H,16,18)(H,19,20)/t11-,12+/m1/s1. The number of nitrogens with one attached hydrogen (secondary N) is 1. The zero-order chi connectivity index (χ0) is 14.5. The van der Waals surface area contributed by atoms with E-state index in [4.69, 9.17) is 5.11 Å². The summed E-state index contributed by atoms with van der Waals surface area (Å²) < 4.78 is 0. The van der Waals surface area contributed by atoms with Crippen LogP contribution in [0.3, 0.4) is 0 Å². The van der Waals surface area contributed by atoms with Crippen molar-refractivity contribution in [1.29, 1.82) is 0 Å². The first-order chi connectivity index (χ1) is 9.56. The smallest absolute Gasteiger partial charge is 0.306 e. The number of benzene rings is 1. The van der Waals surface area contributed by atoms with Crippen molar-refractivity contribution >= 4 is 11.9 Å². The number of amides is 1. The van der Waals surface area contributed by atoms with Gasteiger partial charge in [0.15, 0.2) is 0 Å². The van der Waals surface area contributed by atoms with Gasteiger partial charge in [0.1, 0.15) is 5.75 Å². The van der Waals surface area contributed by atoms with Gasteiger partial charge in [0.25, 0.3) is 0 Å². The van der Waals surface area contributed by atoms with Crippen LogP contribution in [-0.4, -0.2) is 28.1 Å². The third-order valence-corrected chi connectivity index (χ3v) is 3.76. The molecular weight excluding hydrogens is 258 g/mol. The maximum absolute atomic E-state index is 11.8. The van der Waals surface area contributed by atoms with Crippen LogP contribution in [-0.2, 0) is 16.0 Å². The van der Waals surface area contributed by atoms with E-state index in [0.29, 0.717) is 25.7 Å². The Labute approximate surface area is 117 Å². The van der Waals surface area contributed by atoms with Crippen LogP contribution in [0.4, 0.5) is 0 Å². The highest BCUT2D eigenvalue weighted by Gasteiger charge is 2.30. The number of hydrogen-bond acceptors (Lipinski definition) is 3. The minimum Gasteiger partial charge on any atom is -0.508 e. The second kappa shape index (κ2) is 6.41. The van der Waals surface area contributed by atoms with Crippen LogP contribution in [0, 0.1) is 5.92 Å². The monoisotopic (exact) mass is 277 g/mol. The highest BCUT2D eigenvalue weighted by molar-refractivity contribution is 5.77. The summed E-state index contributed by atoms with van der Waals surface area (Å²) in [6.07, 6.45) is 2.64. The first-order valence-electron chi connectivity index (χ1n) is 6.85. The minimum atomic E-state index is -0.782. The molecule has 0 aromatic heterocycles. The molecule has 1 aliphatic carbocycles. The Kier molecular flexibility index (Phi) is 4.61. The van der Waals surface area contributed by atoms with E-state index in [1.165, 1.54) is 0 Å². The molecule has 0 saturated heterocycles. The zero-order valence-electron chi connectivity index (χ0n) is 11.2. The molecule has 0 radical (unpaired) electrons. The van der Waals surface area contributed by atoms with E-state index >= 15 is 0 Å². The Morgan fingerprint density at radius 3 is 2.65 bits per heavy atom. The fraction of sp³-hybridized carbons (Fsp3) is 0.467. The van der Waals surface area contributed by atoms with Crippen LogP contribution in [0.5, 0.6) is 5.75 Å². The van der Waals surface area contributed by atoms with Gasteiger partial charge in [-0.25, -0.2) is 0 Å². The summed E-state index contributed by atoms with van der Waals surface area (Å²) in [7, 11) is 0. The maximum Gasteiger partial charge on any atom is 0.306 e. The van der Waals surface area contributed by atoms with Crippen LogP contribution >= 0.6 is 0 Å². The Morgan fingerprint density at radius 2 is 2.00 bits per heavy atom. The largest absolute Gasteiger partial charge is 0.508 e. The molecule has 108 valence electrons. The molecule has 1 aromatic carbocycles. The van der Waals surface area contributed by atoms with Crippen molar-refractivity contribution in [2.75, 3.05) is 0 Å². The maximum atomic E-state index is 11.8. The lowest BCUT2D eigenvalue weighted by Gasteiger charge is -2.12. The number of aliphatic carboxylic acids is 1. The van der Waals surface area contributed by atoms with Gasteiger partial charge in [-0.05, 0) is 37.3 Å². The van der Waals surface area contributed by atoms with Crippen molar-refractivity contribution in [2.45, 2.75) is 38.1 Å². The number of carboxylic acid groups (broad SMARTS) is 1. The number of para-hydroxylation sites is 1. The van der Waals surface area contributed by atoms with Gasteiger partial charge in [-0.15, -0.1) is 0 Å². The van der Waals surface area contributed by atoms with Crippen LogP contribution in [0.15, 0.2) is 24.3 Å². The predicted octanol–water partition coefficient (Wildman–Crippen LogP) is 1.69. The quantitative estimate of drug-likeness (QED) is 0.764. The Bertz CT molecular complexity index is 500. The molecule has 20 heavy (non-hydrogen) atoms. The average Bonchev–Trinajstić information content (AvgIpc) is 2.86. The van der Waals surface area contributed by atoms with Gasteiger partial charge >= 0.3 is 5.97 Å². The fourth-order valence-electron chi connectivity index (χ4n) is 2.61. The number of rotatable bonds is 5. The Morgan fingerprint density at radius 1 is 1.25 bits per heavy atom. The molecule has 1 amide bonds. The van der Waals surface area contributed by atoms with Crippen LogP contribution in [0.2, 0.25) is 0 Å². The molecule has 1 fully saturated rings. The zero-order valence-corrected chi connectivity index (χ0v) is 11.2. The van der Waals surface area contributed by atoms with Crippen molar-refractivity contribution in [3.8, 4) is 5.75 Å². The molecule has 0 bridgehead atoms. The number of hydrogen-bond donors (Lipinski definition) is 3. The van der Waals surface area contributed by atoms with E-state index in [-0.39, 0.29) is 23.6 Å². The van der Waals surface area contributed by atoms with E-state index in [1.807, 2.05) is 6.07 Å². The number of phenols is 1. The van der Waals surface area contributed by atoms with E-state index in [9.17, 15) is 14.7 Å². The van der Waals surface area contributed by atoms with Gasteiger partial charge in [0.2, 0.25) is 5.91 Å². The number of aromatic hydroxyl groups is 1. The van der Waals surface area contributed by atoms with Gasteiger partial charge in [-0.2, -0.15) is 0 Å². The minimum absolute atomic E-state index is 0.0343. The van der Waals surface area contributed by atoms with Crippen molar-refractivity contribution in [3.63, 3.8) is 0 Å². The Hall–Kier alpha value is -2.04. The van der Waals surface area contributed by atoms with Gasteiger partial charge in [-0.3, -0.25) is 9.59 Å². The molecule has 2 rings (SSSR count). The van der Waals surface area contributed by atoms with E-state index in [0.717, 1.165) is 12.0 Å². The second-order valence-electron chi connectivity index (χ2n) is 5.24. The van der Waals surface area contributed by atoms with Crippen molar-refractivity contribution < 1.29 is 19.8 Å². The molecule has 3 N–H and O–H groups in total. The number of aryl methyl sites for hydroxylation is 1. The molecule has 5 nitrogen and oxygen atoms in total. The summed E-state index contributed by atoms with van der Waals surface area (Å²) in [6, 6.07) is 6.92. The van der Waals surface area contributed by atoms with Gasteiger partial charge in [0, 0.05) is 12.5 Å². The van der Waals surface area contributed by atoms with E-state index < -0.39 is 5.97 Å². The topological polar surface area (TPSA) is 86.6 Å². The van der Waals surface area contributed by atoms with Crippen LogP contribution in [0.1, 0.15) is 31.2 Å². The highest BCUT2D eigenvalue weighted by Crippen LogP contribution is 2.25. The molecule has 0 heterocycles. The number of carbonyl (C=O) groups excluding carboxylic acids is 1. The summed E-state index contributed by atoms with van der Waals surface area (Å²) >= 11 is 0. The lowest BCUT2D eigenvalue weighted by atomic mass is 10.1. The molecule has 0 unspecified atom stereocenters. The molecule has 1 aromatic rings.